The number of thiophene rings is 2. The fourth-order valence-electron chi connectivity index (χ4n) is 5.18. The number of aromatic nitrogens is 3. The number of hydrogen-bond donors (Lipinski definition) is 0. The van der Waals surface area contributed by atoms with E-state index in [1.165, 1.54) is 40.6 Å². The maximum absolute atomic E-state index is 5.21. The summed E-state index contributed by atoms with van der Waals surface area (Å²) in [5.74, 6) is 1.62. The summed E-state index contributed by atoms with van der Waals surface area (Å²) in [6.45, 7) is 0. The van der Waals surface area contributed by atoms with Crippen molar-refractivity contribution >= 4 is 63.3 Å². The van der Waals surface area contributed by atoms with Crippen LogP contribution in [0.1, 0.15) is 0 Å². The lowest BCUT2D eigenvalue weighted by molar-refractivity contribution is 1.05. The second-order valence-electron chi connectivity index (χ2n) is 9.05. The molecule has 0 unspecified atom stereocenters. The summed E-state index contributed by atoms with van der Waals surface area (Å²) in [7, 11) is 0. The minimum absolute atomic E-state index is 0.728. The Hall–Kier alpha value is -4.32. The minimum atomic E-state index is 0.728. The van der Waals surface area contributed by atoms with Gasteiger partial charge in [0.25, 0.3) is 0 Å². The van der Waals surface area contributed by atoms with Gasteiger partial charge in [0.1, 0.15) is 5.82 Å². The van der Waals surface area contributed by atoms with E-state index >= 15 is 0 Å². The first-order valence-electron chi connectivity index (χ1n) is 12.2. The predicted octanol–water partition coefficient (Wildman–Crippen LogP) is 9.34. The van der Waals surface area contributed by atoms with Gasteiger partial charge >= 0.3 is 0 Å². The average Bonchev–Trinajstić information content (AvgIpc) is 3.62. The predicted molar refractivity (Wildman–Crippen MR) is 158 cm³/mol. The lowest BCUT2D eigenvalue weighted by Gasteiger charge is -2.12. The van der Waals surface area contributed by atoms with Crippen molar-refractivity contribution in [3.8, 4) is 28.5 Å². The van der Waals surface area contributed by atoms with E-state index in [9.17, 15) is 0 Å². The van der Waals surface area contributed by atoms with Crippen molar-refractivity contribution in [3.05, 3.63) is 115 Å². The first-order chi connectivity index (χ1) is 18.3. The highest BCUT2D eigenvalue weighted by Gasteiger charge is 2.23. The first kappa shape index (κ1) is 20.8. The Kier molecular flexibility index (Phi) is 4.56. The van der Waals surface area contributed by atoms with Crippen molar-refractivity contribution in [1.29, 1.82) is 0 Å². The molecule has 4 aromatic heterocycles. The van der Waals surface area contributed by atoms with Gasteiger partial charge in [0.2, 0.25) is 0 Å². The van der Waals surface area contributed by atoms with Crippen molar-refractivity contribution < 1.29 is 0 Å². The molecule has 0 radical (unpaired) electrons. The van der Waals surface area contributed by atoms with E-state index in [4.69, 9.17) is 9.97 Å². The Morgan fingerprint density at radius 1 is 0.514 bits per heavy atom. The van der Waals surface area contributed by atoms with E-state index in [0.29, 0.717) is 0 Å². The van der Waals surface area contributed by atoms with Gasteiger partial charge in [-0.1, -0.05) is 97.1 Å². The minimum Gasteiger partial charge on any atom is -0.291 e. The van der Waals surface area contributed by atoms with Gasteiger partial charge in [-0.15, -0.1) is 22.7 Å². The van der Waals surface area contributed by atoms with E-state index < -0.39 is 0 Å². The van der Waals surface area contributed by atoms with Crippen LogP contribution in [0.5, 0.6) is 0 Å². The molecule has 0 aliphatic heterocycles. The molecule has 5 heteroatoms. The monoisotopic (exact) mass is 509 g/mol. The number of rotatable bonds is 3. The summed E-state index contributed by atoms with van der Waals surface area (Å²) in [5.41, 5.74) is 5.45. The number of benzene rings is 4. The second-order valence-corrected chi connectivity index (χ2v) is 11.2. The standard InChI is InChI=1S/C32H19N3S2/c1-3-11-20(12-4-1)24-19-27(34-32(33-24)21-13-5-2-6-14-21)35-28-22-15-7-9-17-25(22)36-30(28)31-29(35)23-16-8-10-18-26(23)37-31/h1-19H. The normalized spacial score (nSPS) is 11.8. The molecule has 0 N–H and O–H groups in total. The van der Waals surface area contributed by atoms with Gasteiger partial charge in [-0.2, -0.15) is 0 Å². The Morgan fingerprint density at radius 2 is 1.03 bits per heavy atom. The molecule has 4 aromatic carbocycles. The topological polar surface area (TPSA) is 30.7 Å². The van der Waals surface area contributed by atoms with Crippen LogP contribution in [0, 0.1) is 0 Å². The van der Waals surface area contributed by atoms with Crippen LogP contribution in [0.25, 0.3) is 69.1 Å². The Bertz CT molecular complexity index is 1940. The molecule has 0 bridgehead atoms. The van der Waals surface area contributed by atoms with Gasteiger partial charge in [-0.05, 0) is 12.1 Å². The first-order valence-corrected chi connectivity index (χ1v) is 13.8. The average molecular weight is 510 g/mol. The van der Waals surface area contributed by atoms with E-state index in [2.05, 4.69) is 95.6 Å². The SMILES string of the molecule is c1ccc(-c2cc(-n3c4c5ccccc5sc4c4sc5ccccc5c43)nc(-c3ccccc3)n2)cc1. The van der Waals surface area contributed by atoms with Crippen LogP contribution in [-0.2, 0) is 0 Å². The van der Waals surface area contributed by atoms with Crippen LogP contribution < -0.4 is 0 Å². The number of nitrogens with zero attached hydrogens (tertiary/aromatic N) is 3. The molecule has 0 atom stereocenters. The molecule has 0 aliphatic rings. The van der Waals surface area contributed by atoms with Gasteiger partial charge < -0.3 is 0 Å². The van der Waals surface area contributed by atoms with Crippen LogP contribution in [0.4, 0.5) is 0 Å². The van der Waals surface area contributed by atoms with Crippen LogP contribution in [-0.4, -0.2) is 14.5 Å². The maximum atomic E-state index is 5.21. The smallest absolute Gasteiger partial charge is 0.162 e. The largest absolute Gasteiger partial charge is 0.291 e. The molecule has 4 heterocycles. The third-order valence-electron chi connectivity index (χ3n) is 6.84. The molecule has 37 heavy (non-hydrogen) atoms. The third kappa shape index (κ3) is 3.18. The highest BCUT2D eigenvalue weighted by molar-refractivity contribution is 7.33. The van der Waals surface area contributed by atoms with Crippen molar-refractivity contribution in [2.24, 2.45) is 0 Å². The van der Waals surface area contributed by atoms with Gasteiger partial charge in [0, 0.05) is 37.4 Å². The van der Waals surface area contributed by atoms with E-state index in [-0.39, 0.29) is 0 Å². The zero-order valence-corrected chi connectivity index (χ0v) is 21.3. The summed E-state index contributed by atoms with van der Waals surface area (Å²) in [6, 6.07) is 40.2. The van der Waals surface area contributed by atoms with E-state index in [1.54, 1.807) is 0 Å². The van der Waals surface area contributed by atoms with Crippen LogP contribution in [0.15, 0.2) is 115 Å². The Morgan fingerprint density at radius 3 is 1.62 bits per heavy atom. The molecule has 0 saturated carbocycles. The molecular weight excluding hydrogens is 491 g/mol. The van der Waals surface area contributed by atoms with Crippen LogP contribution in [0.3, 0.4) is 0 Å². The molecule has 0 amide bonds. The zero-order chi connectivity index (χ0) is 24.3. The molecular formula is C32H19N3S2. The van der Waals surface area contributed by atoms with Gasteiger partial charge in [-0.25, -0.2) is 9.97 Å². The molecule has 0 aliphatic carbocycles. The molecule has 174 valence electrons. The number of fused-ring (bicyclic) bond motifs is 7. The van der Waals surface area contributed by atoms with Crippen molar-refractivity contribution in [3.63, 3.8) is 0 Å². The summed E-state index contributed by atoms with van der Waals surface area (Å²) in [4.78, 5) is 10.2. The van der Waals surface area contributed by atoms with Crippen molar-refractivity contribution in [1.82, 2.24) is 14.5 Å². The van der Waals surface area contributed by atoms with Gasteiger partial charge in [0.05, 0.1) is 26.1 Å². The van der Waals surface area contributed by atoms with Crippen molar-refractivity contribution in [2.75, 3.05) is 0 Å². The van der Waals surface area contributed by atoms with Gasteiger partial charge in [0.15, 0.2) is 5.82 Å². The highest BCUT2D eigenvalue weighted by Crippen LogP contribution is 2.48. The molecule has 8 rings (SSSR count). The lowest BCUT2D eigenvalue weighted by Crippen LogP contribution is -2.02. The third-order valence-corrected chi connectivity index (χ3v) is 9.32. The van der Waals surface area contributed by atoms with E-state index in [0.717, 1.165) is 28.5 Å². The second kappa shape index (κ2) is 8.10. The molecule has 0 fully saturated rings. The maximum Gasteiger partial charge on any atom is 0.162 e. The summed E-state index contributed by atoms with van der Waals surface area (Å²) in [5, 5.41) is 2.52. The van der Waals surface area contributed by atoms with E-state index in [1.807, 2.05) is 46.9 Å². The summed E-state index contributed by atoms with van der Waals surface area (Å²) >= 11 is 3.74. The Labute approximate surface area is 220 Å². The fraction of sp³-hybridized carbons (Fsp3) is 0. The molecule has 3 nitrogen and oxygen atoms in total. The van der Waals surface area contributed by atoms with Gasteiger partial charge in [-0.3, -0.25) is 4.57 Å². The van der Waals surface area contributed by atoms with Crippen LogP contribution >= 0.6 is 22.7 Å². The van der Waals surface area contributed by atoms with Crippen molar-refractivity contribution in [2.45, 2.75) is 0 Å². The molecule has 0 saturated heterocycles. The number of hydrogen-bond acceptors (Lipinski definition) is 4. The lowest BCUT2D eigenvalue weighted by atomic mass is 10.1. The van der Waals surface area contributed by atoms with Crippen LogP contribution in [0.2, 0.25) is 0 Å². The Balaban J connectivity index is 1.54. The summed E-state index contributed by atoms with van der Waals surface area (Å²) < 4.78 is 7.60. The quantitative estimate of drug-likeness (QED) is 0.237. The summed E-state index contributed by atoms with van der Waals surface area (Å²) in [6.07, 6.45) is 0. The highest BCUT2D eigenvalue weighted by atomic mass is 32.1. The molecule has 8 aromatic rings. The zero-order valence-electron chi connectivity index (χ0n) is 19.6. The fourth-order valence-corrected chi connectivity index (χ4v) is 7.69. The molecule has 0 spiro atoms.